The normalized spacial score (nSPS) is 9.69. The van der Waals surface area contributed by atoms with Crippen molar-refractivity contribution in [2.24, 2.45) is 0 Å². The molecule has 0 unspecified atom stereocenters. The minimum atomic E-state index is -1.83. The van der Waals surface area contributed by atoms with E-state index in [0.29, 0.717) is 75.6 Å². The zero-order valence-electron chi connectivity index (χ0n) is 52.8. The summed E-state index contributed by atoms with van der Waals surface area (Å²) in [5, 5.41) is 81.0. The zero-order valence-corrected chi connectivity index (χ0v) is 60.8. The Morgan fingerprint density at radius 2 is 0.811 bits per heavy atom. The van der Waals surface area contributed by atoms with Crippen LogP contribution in [0.2, 0.25) is 15.1 Å². The number of nitriles is 2. The van der Waals surface area contributed by atoms with Gasteiger partial charge in [-0.15, -0.1) is 0 Å². The predicted octanol–water partition coefficient (Wildman–Crippen LogP) is 12.3. The number of rotatable bonds is 9. The molecule has 6 aromatic heterocycles. The van der Waals surface area contributed by atoms with Gasteiger partial charge in [-0.3, -0.25) is 43.0 Å². The summed E-state index contributed by atoms with van der Waals surface area (Å²) in [5.41, 5.74) is 2.07. The van der Waals surface area contributed by atoms with Crippen LogP contribution in [0.1, 0.15) is 109 Å². The van der Waals surface area contributed by atoms with Gasteiger partial charge >= 0.3 is 48.1 Å². The molecule has 6 N–H and O–H groups in total. The number of hydrogen-bond acceptors (Lipinski definition) is 18. The molecule has 0 spiro atoms. The van der Waals surface area contributed by atoms with Gasteiger partial charge in [0.2, 0.25) is 0 Å². The minimum Gasteiger partial charge on any atom is -0.512 e. The van der Waals surface area contributed by atoms with E-state index in [0.717, 1.165) is 38.3 Å². The maximum absolute atomic E-state index is 13.0. The van der Waals surface area contributed by atoms with Crippen LogP contribution in [-0.4, -0.2) is 105 Å². The second-order valence-electron chi connectivity index (χ2n) is 20.6. The van der Waals surface area contributed by atoms with Gasteiger partial charge in [-0.05, 0) is 164 Å². The number of carboxylic acids is 4. The van der Waals surface area contributed by atoms with E-state index in [1.807, 2.05) is 18.2 Å². The Bertz CT molecular complexity index is 5780. The van der Waals surface area contributed by atoms with Crippen molar-refractivity contribution in [3.05, 3.63) is 262 Å². The zero-order chi connectivity index (χ0) is 74.8. The summed E-state index contributed by atoms with van der Waals surface area (Å²) in [5.74, 6) is 13.8. The Balaban J connectivity index is 0.000000373. The maximum atomic E-state index is 13.0. The Morgan fingerprint density at radius 1 is 0.462 bits per heavy atom. The summed E-state index contributed by atoms with van der Waals surface area (Å²) < 4.78 is 6.56. The Morgan fingerprint density at radius 3 is 1.20 bits per heavy atom. The Labute approximate surface area is 656 Å². The first-order valence-electron chi connectivity index (χ1n) is 28.6. The molecule has 0 amide bonds. The van der Waals surface area contributed by atoms with E-state index in [1.54, 1.807) is 86.3 Å². The van der Waals surface area contributed by atoms with E-state index < -0.39 is 47.7 Å². The molecule has 0 aliphatic carbocycles. The molecule has 5 aromatic carbocycles. The number of pyridine rings is 3. The summed E-state index contributed by atoms with van der Waals surface area (Å²) in [6.07, 6.45) is 8.73. The van der Waals surface area contributed by atoms with Gasteiger partial charge < -0.3 is 42.3 Å². The fourth-order valence-corrected chi connectivity index (χ4v) is 11.6. The van der Waals surface area contributed by atoms with E-state index in [-0.39, 0.29) is 109 Å². The number of hydrogen-bond donors (Lipinski definition) is 6. The van der Waals surface area contributed by atoms with Crippen molar-refractivity contribution in [1.82, 2.24) is 43.6 Å². The summed E-state index contributed by atoms with van der Waals surface area (Å²) in [4.78, 5) is 108. The molecule has 6 heterocycles. The number of aromatic carboxylic acids is 4. The molecule has 0 fully saturated rings. The SMILES string of the molecule is C.C.C.Cc1nc2cncc(Br)c2c(=O)n1CC#Cc1ccc(Cl)cc1Br.Cc1nc2cncc(C#N)c2c(=O)n1CC#Cc1ccc(Cl)cc1-c1ccc(C(=O)O)c(C(=O)O)c1.Cc1nc2cncc(C#N)c2c(=O)n1CC#Cc1ccc(Cl)cc1Br.O=C(O)c1ccc(B(O)O)cc1C(=O)O.[C-]#N.[Cu+]. The summed E-state index contributed by atoms with van der Waals surface area (Å²) >= 11 is 28.2. The first-order valence-corrected chi connectivity index (χ1v) is 32.1. The molecule has 0 saturated heterocycles. The van der Waals surface area contributed by atoms with Crippen LogP contribution in [-0.2, 0) is 36.7 Å². The molecular formula is C73H54BBr3Cl3CuN12O13. The van der Waals surface area contributed by atoms with Crippen molar-refractivity contribution in [1.29, 1.82) is 15.8 Å². The van der Waals surface area contributed by atoms with E-state index in [4.69, 9.17) is 66.9 Å². The number of carbonyl (C=O) groups is 4. The monoisotopic (exact) mass is 1720 g/mol. The number of aryl methyl sites for hydroxylation is 3. The van der Waals surface area contributed by atoms with Gasteiger partial charge in [0.05, 0.1) is 109 Å². The summed E-state index contributed by atoms with van der Waals surface area (Å²) in [6.45, 7) is 10.3. The van der Waals surface area contributed by atoms with E-state index >= 15 is 0 Å². The van der Waals surface area contributed by atoms with Crippen molar-refractivity contribution in [3.63, 3.8) is 0 Å². The molecule has 11 aromatic rings. The molecule has 0 bridgehead atoms. The Hall–Kier alpha value is -11.2. The molecule has 106 heavy (non-hydrogen) atoms. The van der Waals surface area contributed by atoms with E-state index in [9.17, 15) is 54.3 Å². The fourth-order valence-electron chi connectivity index (χ4n) is 9.37. The Kier molecular flexibility index (Phi) is 34.2. The van der Waals surface area contributed by atoms with Crippen LogP contribution < -0.4 is 22.1 Å². The van der Waals surface area contributed by atoms with Gasteiger partial charge in [0, 0.05) is 59.3 Å². The third-order valence-corrected chi connectivity index (χ3v) is 16.8. The van der Waals surface area contributed by atoms with Crippen LogP contribution in [0.5, 0.6) is 0 Å². The smallest absolute Gasteiger partial charge is 0.512 e. The molecule has 0 aliphatic heterocycles. The fraction of sp³-hybridized carbons (Fsp3) is 0.123. The first-order chi connectivity index (χ1) is 48.6. The van der Waals surface area contributed by atoms with Gasteiger partial charge in [-0.2, -0.15) is 10.5 Å². The number of benzene rings is 5. The van der Waals surface area contributed by atoms with Crippen LogP contribution in [0.25, 0.3) is 43.8 Å². The van der Waals surface area contributed by atoms with Gasteiger partial charge in [0.1, 0.15) is 29.6 Å². The van der Waals surface area contributed by atoms with Gasteiger partial charge in [0.25, 0.3) is 16.7 Å². The van der Waals surface area contributed by atoms with Crippen LogP contribution in [0.15, 0.2) is 156 Å². The van der Waals surface area contributed by atoms with E-state index in [1.165, 1.54) is 52.1 Å². The van der Waals surface area contributed by atoms with Crippen LogP contribution in [0, 0.1) is 90.8 Å². The van der Waals surface area contributed by atoms with Gasteiger partial charge in [0.15, 0.2) is 0 Å². The second-order valence-corrected chi connectivity index (χ2v) is 24.4. The number of carboxylic acid groups (broad SMARTS) is 4. The summed E-state index contributed by atoms with van der Waals surface area (Å²) in [6, 6.07) is 26.5. The van der Waals surface area contributed by atoms with E-state index in [2.05, 4.69) is 113 Å². The topological polar surface area (TPSA) is 404 Å². The first kappa shape index (κ1) is 89.0. The molecule has 540 valence electrons. The van der Waals surface area contributed by atoms with Crippen molar-refractivity contribution in [2.75, 3.05) is 0 Å². The molecule has 0 saturated carbocycles. The molecule has 33 heteroatoms. The maximum Gasteiger partial charge on any atom is 1.00 e. The quantitative estimate of drug-likeness (QED) is 0.0444. The number of halogens is 6. The average Bonchev–Trinajstić information content (AvgIpc) is 0.792. The molecule has 0 radical (unpaired) electrons. The number of nitrogens with zero attached hydrogens (tertiary/aromatic N) is 12. The van der Waals surface area contributed by atoms with Gasteiger partial charge in [-0.25, -0.2) is 34.1 Å². The average molecular weight is 1730 g/mol. The van der Waals surface area contributed by atoms with Crippen molar-refractivity contribution in [3.8, 4) is 58.8 Å². The largest absolute Gasteiger partial charge is 1.00 e. The van der Waals surface area contributed by atoms with Crippen LogP contribution in [0.4, 0.5) is 0 Å². The van der Waals surface area contributed by atoms with Crippen molar-refractivity contribution >= 4 is 152 Å². The number of aromatic nitrogens is 9. The number of fused-ring (bicyclic) bond motifs is 3. The third kappa shape index (κ3) is 21.7. The molecule has 11 rings (SSSR count). The second kappa shape index (κ2) is 40.8. The standard InChI is InChI=1S/C26H15ClN4O5.C18H10BrClN4O.C17H10Br2ClN3O.C8H7BO6.CN.3CH4.Cu/c1-14-30-22-13-29-12-17(11-28)23(22)24(32)31(14)8-2-3-15-4-6-18(27)10-20(15)16-5-7-19(25(33)34)21(9-16)26(35)36;1-11-23-16-10-22-9-13(8-21)17(16)18(25)24(11)6-2-3-12-4-5-14(20)7-15(12)19;1-10-22-15-9-21-8-14(19)16(15)17(24)23(10)6-2-3-11-4-5-12(20)7-13(11)18;10-7(11)5-2-1-4(9(14)15)3-6(5)8(12)13;1-2;;;;/h4-7,9-10,12-13H,8H2,1H3,(H,33,34)(H,35,36);4-5,7,9-10H,6H2,1H3;4-5,7-9H,6H2,1H3;1-3,14-15H,(H,10,11)(H,12,13);;3*1H4;/q;;;;-1;;;;+1. The molecular weight excluding hydrogens is 1670 g/mol. The molecule has 0 atom stereocenters. The third-order valence-electron chi connectivity index (χ3n) is 14.2. The van der Waals surface area contributed by atoms with Gasteiger partial charge in [-0.1, -0.05) is 105 Å². The van der Waals surface area contributed by atoms with Crippen LogP contribution in [0.3, 0.4) is 0 Å². The van der Waals surface area contributed by atoms with Crippen molar-refractivity contribution < 1.29 is 66.7 Å². The summed E-state index contributed by atoms with van der Waals surface area (Å²) in [7, 11) is -1.83. The minimum absolute atomic E-state index is 0. The van der Waals surface area contributed by atoms with Crippen LogP contribution >= 0.6 is 82.6 Å². The molecule has 25 nitrogen and oxygen atoms in total. The molecule has 0 aliphatic rings. The van der Waals surface area contributed by atoms with Crippen molar-refractivity contribution in [2.45, 2.75) is 62.7 Å². The predicted molar refractivity (Wildman–Crippen MR) is 408 cm³/mol.